The van der Waals surface area contributed by atoms with E-state index in [1.807, 2.05) is 0 Å². The smallest absolute Gasteiger partial charge is 0.127 e. The number of nitrogens with zero attached hydrogens (tertiary/aromatic N) is 1. The third-order valence-electron chi connectivity index (χ3n) is 3.58. The monoisotopic (exact) mass is 270 g/mol. The quantitative estimate of drug-likeness (QED) is 0.911. The molecule has 2 rings (SSSR count). The van der Waals surface area contributed by atoms with Crippen molar-refractivity contribution < 1.29 is 4.39 Å². The first-order valence-electron chi connectivity index (χ1n) is 6.55. The highest BCUT2D eigenvalue weighted by Crippen LogP contribution is 2.22. The molecule has 0 aliphatic carbocycles. The van der Waals surface area contributed by atoms with Crippen LogP contribution in [0, 0.1) is 11.7 Å². The van der Waals surface area contributed by atoms with E-state index >= 15 is 0 Å². The molecule has 0 radical (unpaired) electrons. The van der Waals surface area contributed by atoms with Crippen LogP contribution in [0.25, 0.3) is 0 Å². The van der Waals surface area contributed by atoms with E-state index in [2.05, 4.69) is 4.90 Å². The third kappa shape index (κ3) is 3.67. The van der Waals surface area contributed by atoms with Gasteiger partial charge in [0.15, 0.2) is 0 Å². The van der Waals surface area contributed by atoms with Gasteiger partial charge in [-0.05, 0) is 56.5 Å². The van der Waals surface area contributed by atoms with Gasteiger partial charge in [-0.2, -0.15) is 0 Å². The molecule has 100 valence electrons. The molecule has 1 unspecified atom stereocenters. The number of rotatable bonds is 4. The molecule has 1 aliphatic heterocycles. The maximum Gasteiger partial charge on any atom is 0.127 e. The van der Waals surface area contributed by atoms with Crippen LogP contribution in [0.2, 0.25) is 5.02 Å². The fourth-order valence-corrected chi connectivity index (χ4v) is 2.87. The lowest BCUT2D eigenvalue weighted by molar-refractivity contribution is 0.161. The lowest BCUT2D eigenvalue weighted by Crippen LogP contribution is -2.35. The SMILES string of the molecule is NCCC1CCCN(Cc2cc(Cl)ccc2F)C1. The molecule has 1 aromatic carbocycles. The van der Waals surface area contributed by atoms with E-state index < -0.39 is 0 Å². The van der Waals surface area contributed by atoms with Gasteiger partial charge in [0, 0.05) is 23.7 Å². The minimum absolute atomic E-state index is 0.166. The van der Waals surface area contributed by atoms with Gasteiger partial charge in [-0.15, -0.1) is 0 Å². The number of benzene rings is 1. The topological polar surface area (TPSA) is 29.3 Å². The van der Waals surface area contributed by atoms with Gasteiger partial charge < -0.3 is 5.73 Å². The summed E-state index contributed by atoms with van der Waals surface area (Å²) < 4.78 is 13.7. The normalized spacial score (nSPS) is 21.2. The van der Waals surface area contributed by atoms with E-state index in [4.69, 9.17) is 17.3 Å². The fourth-order valence-electron chi connectivity index (χ4n) is 2.67. The van der Waals surface area contributed by atoms with Gasteiger partial charge >= 0.3 is 0 Å². The van der Waals surface area contributed by atoms with Gasteiger partial charge in [-0.25, -0.2) is 4.39 Å². The largest absolute Gasteiger partial charge is 0.330 e. The van der Waals surface area contributed by atoms with Gasteiger partial charge in [0.25, 0.3) is 0 Å². The van der Waals surface area contributed by atoms with E-state index in [9.17, 15) is 4.39 Å². The molecule has 2 N–H and O–H groups in total. The zero-order valence-corrected chi connectivity index (χ0v) is 11.3. The minimum atomic E-state index is -0.166. The molecule has 1 aromatic rings. The Morgan fingerprint density at radius 2 is 2.28 bits per heavy atom. The predicted octanol–water partition coefficient (Wildman–Crippen LogP) is 3.04. The van der Waals surface area contributed by atoms with Crippen LogP contribution < -0.4 is 5.73 Å². The summed E-state index contributed by atoms with van der Waals surface area (Å²) in [5, 5.41) is 0.599. The summed E-state index contributed by atoms with van der Waals surface area (Å²) in [6.07, 6.45) is 3.48. The molecule has 4 heteroatoms. The van der Waals surface area contributed by atoms with E-state index in [0.29, 0.717) is 23.0 Å². The van der Waals surface area contributed by atoms with Crippen molar-refractivity contribution in [1.29, 1.82) is 0 Å². The summed E-state index contributed by atoms with van der Waals surface area (Å²) in [6.45, 7) is 3.44. The molecule has 1 fully saturated rings. The lowest BCUT2D eigenvalue weighted by Gasteiger charge is -2.32. The van der Waals surface area contributed by atoms with Crippen LogP contribution in [0.5, 0.6) is 0 Å². The van der Waals surface area contributed by atoms with Gasteiger partial charge in [0.1, 0.15) is 5.82 Å². The Morgan fingerprint density at radius 3 is 3.06 bits per heavy atom. The number of piperidine rings is 1. The Balaban J connectivity index is 1.98. The molecule has 1 atom stereocenters. The molecule has 18 heavy (non-hydrogen) atoms. The number of halogens is 2. The standard InChI is InChI=1S/C14H20ClFN2/c15-13-3-4-14(16)12(8-13)10-18-7-1-2-11(9-18)5-6-17/h3-4,8,11H,1-2,5-7,9-10,17H2. The molecule has 0 amide bonds. The summed E-state index contributed by atoms with van der Waals surface area (Å²) in [5.74, 6) is 0.492. The molecule has 1 saturated heterocycles. The summed E-state index contributed by atoms with van der Waals surface area (Å²) in [4.78, 5) is 2.30. The average molecular weight is 271 g/mol. The Morgan fingerprint density at radius 1 is 1.44 bits per heavy atom. The minimum Gasteiger partial charge on any atom is -0.330 e. The summed E-state index contributed by atoms with van der Waals surface area (Å²) in [6, 6.07) is 4.76. The molecular weight excluding hydrogens is 251 g/mol. The van der Waals surface area contributed by atoms with Gasteiger partial charge in [0.05, 0.1) is 0 Å². The van der Waals surface area contributed by atoms with Gasteiger partial charge in [-0.1, -0.05) is 11.6 Å². The first-order valence-corrected chi connectivity index (χ1v) is 6.93. The van der Waals surface area contributed by atoms with Crippen molar-refractivity contribution in [2.45, 2.75) is 25.8 Å². The van der Waals surface area contributed by atoms with Crippen molar-refractivity contribution in [2.75, 3.05) is 19.6 Å². The van der Waals surface area contributed by atoms with Crippen LogP contribution in [0.3, 0.4) is 0 Å². The molecule has 2 nitrogen and oxygen atoms in total. The first kappa shape index (κ1) is 13.8. The molecule has 0 saturated carbocycles. The van der Waals surface area contributed by atoms with Crippen LogP contribution in [0.1, 0.15) is 24.8 Å². The number of hydrogen-bond donors (Lipinski definition) is 1. The molecular formula is C14H20ClFN2. The zero-order chi connectivity index (χ0) is 13.0. The summed E-state index contributed by atoms with van der Waals surface area (Å²) in [5.41, 5.74) is 6.30. The molecule has 0 aromatic heterocycles. The number of likely N-dealkylation sites (tertiary alicyclic amines) is 1. The Bertz CT molecular complexity index is 395. The highest BCUT2D eigenvalue weighted by atomic mass is 35.5. The summed E-state index contributed by atoms with van der Waals surface area (Å²) in [7, 11) is 0. The fraction of sp³-hybridized carbons (Fsp3) is 0.571. The highest BCUT2D eigenvalue weighted by molar-refractivity contribution is 6.30. The maximum atomic E-state index is 13.7. The summed E-state index contributed by atoms with van der Waals surface area (Å²) >= 11 is 5.91. The second kappa shape index (κ2) is 6.50. The van der Waals surface area contributed by atoms with E-state index in [1.54, 1.807) is 12.1 Å². The second-order valence-electron chi connectivity index (χ2n) is 5.06. The first-order chi connectivity index (χ1) is 8.69. The van der Waals surface area contributed by atoms with Gasteiger partial charge in [-0.3, -0.25) is 4.90 Å². The van der Waals surface area contributed by atoms with Crippen molar-refractivity contribution in [1.82, 2.24) is 4.90 Å². The molecule has 0 bridgehead atoms. The molecule has 0 spiro atoms. The number of hydrogen-bond acceptors (Lipinski definition) is 2. The second-order valence-corrected chi connectivity index (χ2v) is 5.49. The number of nitrogens with two attached hydrogens (primary N) is 1. The Kier molecular flexibility index (Phi) is 4.98. The maximum absolute atomic E-state index is 13.7. The van der Waals surface area contributed by atoms with Crippen LogP contribution in [-0.2, 0) is 6.54 Å². The highest BCUT2D eigenvalue weighted by Gasteiger charge is 2.20. The van der Waals surface area contributed by atoms with Crippen molar-refractivity contribution in [3.05, 3.63) is 34.6 Å². The average Bonchev–Trinajstić information content (AvgIpc) is 2.35. The Labute approximate surface area is 113 Å². The van der Waals surface area contributed by atoms with Crippen molar-refractivity contribution in [3.8, 4) is 0 Å². The zero-order valence-electron chi connectivity index (χ0n) is 10.5. The van der Waals surface area contributed by atoms with E-state index in [1.165, 1.54) is 18.9 Å². The van der Waals surface area contributed by atoms with E-state index in [0.717, 1.165) is 26.1 Å². The van der Waals surface area contributed by atoms with Crippen LogP contribution in [0.15, 0.2) is 18.2 Å². The lowest BCUT2D eigenvalue weighted by atomic mass is 9.94. The van der Waals surface area contributed by atoms with Crippen molar-refractivity contribution in [2.24, 2.45) is 11.7 Å². The molecule has 1 heterocycles. The van der Waals surface area contributed by atoms with Crippen LogP contribution in [-0.4, -0.2) is 24.5 Å². The predicted molar refractivity (Wildman–Crippen MR) is 73.1 cm³/mol. The van der Waals surface area contributed by atoms with E-state index in [-0.39, 0.29) is 5.82 Å². The van der Waals surface area contributed by atoms with Crippen molar-refractivity contribution >= 4 is 11.6 Å². The third-order valence-corrected chi connectivity index (χ3v) is 3.81. The van der Waals surface area contributed by atoms with Crippen LogP contribution in [0.4, 0.5) is 4.39 Å². The molecule has 1 aliphatic rings. The van der Waals surface area contributed by atoms with Crippen molar-refractivity contribution in [3.63, 3.8) is 0 Å². The van der Waals surface area contributed by atoms with Crippen LogP contribution >= 0.6 is 11.6 Å². The Hall–Kier alpha value is -0.640. The van der Waals surface area contributed by atoms with Gasteiger partial charge in [0.2, 0.25) is 0 Å².